The molecule has 0 saturated carbocycles. The van der Waals surface area contributed by atoms with Gasteiger partial charge in [-0.1, -0.05) is 0 Å². The summed E-state index contributed by atoms with van der Waals surface area (Å²) < 4.78 is 44.8. The molecule has 49 heavy (non-hydrogen) atoms. The van der Waals surface area contributed by atoms with Crippen LogP contribution in [0.1, 0.15) is 78.7 Å². The lowest BCUT2D eigenvalue weighted by molar-refractivity contribution is 0.0718. The maximum absolute atomic E-state index is 12.8. The second-order valence-corrected chi connectivity index (χ2v) is 13.1. The van der Waals surface area contributed by atoms with E-state index in [9.17, 15) is 9.59 Å². The van der Waals surface area contributed by atoms with Crippen molar-refractivity contribution in [3.05, 3.63) is 83.4 Å². The Morgan fingerprint density at radius 2 is 1.02 bits per heavy atom. The number of rotatable bonds is 22. The predicted octanol–water partition coefficient (Wildman–Crippen LogP) is 7.14. The molecule has 2 unspecified atom stereocenters. The summed E-state index contributed by atoms with van der Waals surface area (Å²) in [6.45, 7) is 11.6. The quantitative estimate of drug-likeness (QED) is 0.0471. The van der Waals surface area contributed by atoms with E-state index in [1.807, 2.05) is 0 Å². The third-order valence-electron chi connectivity index (χ3n) is 8.47. The van der Waals surface area contributed by atoms with Gasteiger partial charge >= 0.3 is 11.9 Å². The fraction of sp³-hybridized carbons (Fsp3) is 0.487. The second kappa shape index (κ2) is 17.6. The Bertz CT molecular complexity index is 1490. The molecule has 10 nitrogen and oxygen atoms in total. The van der Waals surface area contributed by atoms with Gasteiger partial charge in [-0.2, -0.15) is 0 Å². The molecule has 0 spiro atoms. The summed E-state index contributed by atoms with van der Waals surface area (Å²) in [6.07, 6.45) is 5.43. The first-order valence-electron chi connectivity index (χ1n) is 17.1. The standard InChI is InChI=1S/C39H48O10/c1-29-26-34(48-36(40)30-8-12-32(13-9-30)44-22-6-4-20-42-24-18-38(2)27-46-38)16-17-35(29)49-37(41)31-10-14-33(15-11-31)45-23-7-5-21-43-25-19-39(3)28-47-39/h8-17,26H,4-7,18-25,27-28H2,1-3H3. The van der Waals surface area contributed by atoms with E-state index in [4.69, 9.17) is 37.9 Å². The van der Waals surface area contributed by atoms with Gasteiger partial charge in [0.2, 0.25) is 0 Å². The van der Waals surface area contributed by atoms with Crippen LogP contribution in [0.5, 0.6) is 23.0 Å². The van der Waals surface area contributed by atoms with Gasteiger partial charge in [-0.05, 0) is 119 Å². The lowest BCUT2D eigenvalue weighted by Crippen LogP contribution is -2.11. The Hall–Kier alpha value is -3.96. The first kappa shape index (κ1) is 36.3. The van der Waals surface area contributed by atoms with Crippen LogP contribution in [0.15, 0.2) is 66.7 Å². The molecule has 2 saturated heterocycles. The van der Waals surface area contributed by atoms with Crippen LogP contribution in [0.3, 0.4) is 0 Å². The zero-order chi connectivity index (χ0) is 34.5. The van der Waals surface area contributed by atoms with Crippen molar-refractivity contribution in [3.8, 4) is 23.0 Å². The minimum atomic E-state index is -0.497. The highest BCUT2D eigenvalue weighted by Crippen LogP contribution is 2.30. The van der Waals surface area contributed by atoms with E-state index in [2.05, 4.69) is 13.8 Å². The molecule has 2 atom stereocenters. The van der Waals surface area contributed by atoms with Crippen LogP contribution in [0.2, 0.25) is 0 Å². The first-order valence-corrected chi connectivity index (χ1v) is 17.1. The van der Waals surface area contributed by atoms with Crippen LogP contribution < -0.4 is 18.9 Å². The molecule has 3 aromatic carbocycles. The number of benzene rings is 3. The highest BCUT2D eigenvalue weighted by molar-refractivity contribution is 5.92. The molecule has 2 aliphatic heterocycles. The Kier molecular flexibility index (Phi) is 13.1. The predicted molar refractivity (Wildman–Crippen MR) is 183 cm³/mol. The van der Waals surface area contributed by atoms with Crippen LogP contribution in [-0.4, -0.2) is 76.0 Å². The third-order valence-corrected chi connectivity index (χ3v) is 8.47. The molecule has 5 rings (SSSR count). The van der Waals surface area contributed by atoms with E-state index in [1.54, 1.807) is 73.7 Å². The van der Waals surface area contributed by atoms with Crippen LogP contribution in [0.4, 0.5) is 0 Å². The SMILES string of the molecule is Cc1cc(OC(=O)c2ccc(OCCCCOCCC3(C)CO3)cc2)ccc1OC(=O)c1ccc(OCCCCOCCC2(C)CO2)cc1. The number of carbonyl (C=O) groups is 2. The van der Waals surface area contributed by atoms with E-state index < -0.39 is 11.9 Å². The minimum absolute atomic E-state index is 0.0365. The van der Waals surface area contributed by atoms with Crippen molar-refractivity contribution in [2.24, 2.45) is 0 Å². The number of unbranched alkanes of at least 4 members (excludes halogenated alkanes) is 2. The molecule has 0 radical (unpaired) electrons. The van der Waals surface area contributed by atoms with Crippen molar-refractivity contribution < 1.29 is 47.5 Å². The average Bonchev–Trinajstić information content (AvgIpc) is 4.03. The normalized spacial score (nSPS) is 19.2. The van der Waals surface area contributed by atoms with Crippen molar-refractivity contribution in [1.82, 2.24) is 0 Å². The number of epoxide rings is 2. The summed E-state index contributed by atoms with van der Waals surface area (Å²) in [5.41, 5.74) is 1.52. The molecule has 2 heterocycles. The second-order valence-electron chi connectivity index (χ2n) is 13.1. The lowest BCUT2D eigenvalue weighted by Gasteiger charge is -2.11. The van der Waals surface area contributed by atoms with E-state index in [1.165, 1.54) is 0 Å². The van der Waals surface area contributed by atoms with Gasteiger partial charge in [0, 0.05) is 39.3 Å². The van der Waals surface area contributed by atoms with Crippen molar-refractivity contribution in [3.63, 3.8) is 0 Å². The summed E-state index contributed by atoms with van der Waals surface area (Å²) in [5.74, 6) is 1.10. The highest BCUT2D eigenvalue weighted by atomic mass is 16.6. The topological polar surface area (TPSA) is 115 Å². The summed E-state index contributed by atoms with van der Waals surface area (Å²) in [5, 5.41) is 0. The van der Waals surface area contributed by atoms with Crippen LogP contribution in [0, 0.1) is 6.92 Å². The van der Waals surface area contributed by atoms with Gasteiger partial charge in [-0.25, -0.2) is 9.59 Å². The van der Waals surface area contributed by atoms with Gasteiger partial charge in [0.25, 0.3) is 0 Å². The van der Waals surface area contributed by atoms with Crippen molar-refractivity contribution in [2.75, 3.05) is 52.9 Å². The number of esters is 2. The van der Waals surface area contributed by atoms with Crippen LogP contribution in [0.25, 0.3) is 0 Å². The smallest absolute Gasteiger partial charge is 0.343 e. The lowest BCUT2D eigenvalue weighted by atomic mass is 10.1. The molecule has 0 amide bonds. The molecule has 0 bridgehead atoms. The van der Waals surface area contributed by atoms with E-state index in [0.717, 1.165) is 51.7 Å². The minimum Gasteiger partial charge on any atom is -0.494 e. The summed E-state index contributed by atoms with van der Waals surface area (Å²) in [7, 11) is 0. The van der Waals surface area contributed by atoms with Crippen molar-refractivity contribution >= 4 is 11.9 Å². The van der Waals surface area contributed by atoms with Gasteiger partial charge in [-0.3, -0.25) is 0 Å². The van der Waals surface area contributed by atoms with Gasteiger partial charge < -0.3 is 37.9 Å². The molecule has 2 aliphatic rings. The largest absolute Gasteiger partial charge is 0.494 e. The molecular weight excluding hydrogens is 628 g/mol. The van der Waals surface area contributed by atoms with Gasteiger partial charge in [-0.15, -0.1) is 0 Å². The fourth-order valence-corrected chi connectivity index (χ4v) is 4.81. The zero-order valence-electron chi connectivity index (χ0n) is 28.8. The summed E-state index contributed by atoms with van der Waals surface area (Å²) in [6, 6.07) is 18.6. The fourth-order valence-electron chi connectivity index (χ4n) is 4.81. The molecule has 0 aromatic heterocycles. The summed E-state index contributed by atoms with van der Waals surface area (Å²) >= 11 is 0. The van der Waals surface area contributed by atoms with E-state index in [-0.39, 0.29) is 11.2 Å². The zero-order valence-corrected chi connectivity index (χ0v) is 28.8. The average molecular weight is 677 g/mol. The molecule has 3 aromatic rings. The number of hydrogen-bond acceptors (Lipinski definition) is 10. The van der Waals surface area contributed by atoms with Crippen LogP contribution in [-0.2, 0) is 18.9 Å². The molecule has 2 fully saturated rings. The Labute approximate surface area is 288 Å². The van der Waals surface area contributed by atoms with Gasteiger partial charge in [0.1, 0.15) is 23.0 Å². The van der Waals surface area contributed by atoms with Gasteiger partial charge in [0.15, 0.2) is 0 Å². The maximum atomic E-state index is 12.8. The number of ether oxygens (including phenoxy) is 8. The van der Waals surface area contributed by atoms with Crippen LogP contribution >= 0.6 is 0 Å². The number of aryl methyl sites for hydroxylation is 1. The monoisotopic (exact) mass is 676 g/mol. The number of carbonyl (C=O) groups excluding carboxylic acids is 2. The number of hydrogen-bond donors (Lipinski definition) is 0. The van der Waals surface area contributed by atoms with Crippen molar-refractivity contribution in [2.45, 2.75) is 70.5 Å². The molecule has 0 N–H and O–H groups in total. The highest BCUT2D eigenvalue weighted by Gasteiger charge is 2.39. The third kappa shape index (κ3) is 12.5. The first-order chi connectivity index (χ1) is 23.7. The molecular formula is C39H48O10. The molecule has 10 heteroatoms. The van der Waals surface area contributed by atoms with E-state index >= 15 is 0 Å². The maximum Gasteiger partial charge on any atom is 0.343 e. The Balaban J connectivity index is 0.960. The Morgan fingerprint density at radius 3 is 1.47 bits per heavy atom. The summed E-state index contributed by atoms with van der Waals surface area (Å²) in [4.78, 5) is 25.5. The van der Waals surface area contributed by atoms with E-state index in [0.29, 0.717) is 79.3 Å². The molecule has 264 valence electrons. The van der Waals surface area contributed by atoms with Gasteiger partial charge in [0.05, 0.1) is 48.8 Å². The Morgan fingerprint density at radius 1 is 0.592 bits per heavy atom. The van der Waals surface area contributed by atoms with Crippen molar-refractivity contribution in [1.29, 1.82) is 0 Å². The molecule has 0 aliphatic carbocycles.